The predicted octanol–water partition coefficient (Wildman–Crippen LogP) is 5.36. The fraction of sp³-hybridized carbons (Fsp3) is 0.476. The molecule has 1 unspecified atom stereocenters. The van der Waals surface area contributed by atoms with E-state index in [1.165, 1.54) is 7.11 Å². The molecule has 172 valence electrons. The SMILES string of the molecule is COC(=O)C1(C(F)F)C=C(CC(C)C)C(CSc2ccccc2OC)=C(C(F)(F)F)N1. The third-order valence-corrected chi connectivity index (χ3v) is 5.72. The van der Waals surface area contributed by atoms with Crippen molar-refractivity contribution in [3.63, 3.8) is 0 Å². The molecular weight excluding hydrogens is 441 g/mol. The number of benzene rings is 1. The van der Waals surface area contributed by atoms with Gasteiger partial charge in [-0.15, -0.1) is 11.8 Å². The van der Waals surface area contributed by atoms with Crippen LogP contribution in [0.25, 0.3) is 0 Å². The second-order valence-electron chi connectivity index (χ2n) is 7.34. The normalized spacial score (nSPS) is 19.4. The summed E-state index contributed by atoms with van der Waals surface area (Å²) in [5.41, 5.74) is -4.42. The molecule has 1 aromatic carbocycles. The van der Waals surface area contributed by atoms with E-state index in [4.69, 9.17) is 4.74 Å². The van der Waals surface area contributed by atoms with Gasteiger partial charge in [0.15, 0.2) is 0 Å². The van der Waals surface area contributed by atoms with Gasteiger partial charge in [-0.2, -0.15) is 13.2 Å². The lowest BCUT2D eigenvalue weighted by atomic mass is 9.84. The van der Waals surface area contributed by atoms with Crippen LogP contribution in [0.3, 0.4) is 0 Å². The van der Waals surface area contributed by atoms with Crippen LogP contribution in [0.4, 0.5) is 22.0 Å². The molecule has 1 aliphatic heterocycles. The maximum absolute atomic E-state index is 14.0. The van der Waals surface area contributed by atoms with Gasteiger partial charge in [0.2, 0.25) is 5.54 Å². The van der Waals surface area contributed by atoms with Crippen molar-refractivity contribution in [1.29, 1.82) is 0 Å². The summed E-state index contributed by atoms with van der Waals surface area (Å²) in [5, 5.41) is 1.78. The van der Waals surface area contributed by atoms with Gasteiger partial charge in [-0.3, -0.25) is 0 Å². The van der Waals surface area contributed by atoms with Crippen LogP contribution in [0.1, 0.15) is 20.3 Å². The molecule has 1 atom stereocenters. The van der Waals surface area contributed by atoms with Gasteiger partial charge in [0.05, 0.1) is 14.2 Å². The first-order chi connectivity index (χ1) is 14.5. The Morgan fingerprint density at radius 2 is 1.84 bits per heavy atom. The standard InChI is InChI=1S/C21H24F5NO3S/c1-12(2)9-13-10-20(18(22)23,19(28)30-4)27-17(21(24,25)26)14(13)11-31-16-8-6-5-7-15(16)29-3/h5-8,10,12,18,27H,9,11H2,1-4H3. The second-order valence-corrected chi connectivity index (χ2v) is 8.36. The Balaban J connectivity index is 2.59. The van der Waals surface area contributed by atoms with Crippen molar-refractivity contribution in [2.75, 3.05) is 20.0 Å². The first-order valence-corrected chi connectivity index (χ1v) is 10.4. The number of para-hydroxylation sites is 1. The average molecular weight is 465 g/mol. The average Bonchev–Trinajstić information content (AvgIpc) is 2.70. The van der Waals surface area contributed by atoms with Crippen molar-refractivity contribution in [3.8, 4) is 5.75 Å². The van der Waals surface area contributed by atoms with E-state index in [0.29, 0.717) is 10.6 Å². The summed E-state index contributed by atoms with van der Waals surface area (Å²) in [7, 11) is 2.30. The van der Waals surface area contributed by atoms with Crippen LogP contribution in [0.5, 0.6) is 5.75 Å². The molecule has 0 aliphatic carbocycles. The first kappa shape index (κ1) is 25.0. The zero-order chi connectivity index (χ0) is 23.4. The third-order valence-electron chi connectivity index (χ3n) is 4.64. The summed E-state index contributed by atoms with van der Waals surface area (Å²) in [6.07, 6.45) is -7.48. The fourth-order valence-electron chi connectivity index (χ4n) is 3.24. The first-order valence-electron chi connectivity index (χ1n) is 9.39. The minimum absolute atomic E-state index is 0.0363. The van der Waals surface area contributed by atoms with Gasteiger partial charge in [-0.25, -0.2) is 13.6 Å². The Kier molecular flexibility index (Phi) is 8.02. The van der Waals surface area contributed by atoms with Gasteiger partial charge in [0.25, 0.3) is 6.43 Å². The van der Waals surface area contributed by atoms with E-state index in [1.54, 1.807) is 43.4 Å². The van der Waals surface area contributed by atoms with E-state index < -0.39 is 29.8 Å². The predicted molar refractivity (Wildman–Crippen MR) is 108 cm³/mol. The highest BCUT2D eigenvalue weighted by molar-refractivity contribution is 7.99. The number of rotatable bonds is 8. The summed E-state index contributed by atoms with van der Waals surface area (Å²) in [6.45, 7) is 3.51. The molecule has 0 radical (unpaired) electrons. The number of halogens is 5. The number of alkyl halides is 5. The molecule has 0 amide bonds. The molecule has 0 aromatic heterocycles. The molecule has 1 N–H and O–H groups in total. The van der Waals surface area contributed by atoms with Crippen molar-refractivity contribution < 1.29 is 36.2 Å². The van der Waals surface area contributed by atoms with Crippen molar-refractivity contribution in [2.45, 2.75) is 43.3 Å². The van der Waals surface area contributed by atoms with Crippen LogP contribution in [0.15, 0.2) is 52.1 Å². The number of carbonyl (C=O) groups is 1. The van der Waals surface area contributed by atoms with Crippen LogP contribution in [0, 0.1) is 5.92 Å². The Morgan fingerprint density at radius 1 is 1.19 bits per heavy atom. The fourth-order valence-corrected chi connectivity index (χ4v) is 4.34. The Hall–Kier alpha value is -2.23. The number of thioether (sulfide) groups is 1. The van der Waals surface area contributed by atoms with Crippen molar-refractivity contribution in [1.82, 2.24) is 5.32 Å². The van der Waals surface area contributed by atoms with Crippen LogP contribution >= 0.6 is 11.8 Å². The molecule has 31 heavy (non-hydrogen) atoms. The smallest absolute Gasteiger partial charge is 0.431 e. The number of carbonyl (C=O) groups excluding carboxylic acids is 1. The minimum Gasteiger partial charge on any atom is -0.496 e. The minimum atomic E-state index is -4.98. The van der Waals surface area contributed by atoms with E-state index in [-0.39, 0.29) is 29.2 Å². The number of methoxy groups -OCH3 is 2. The molecule has 0 fully saturated rings. The molecule has 1 heterocycles. The number of nitrogens with one attached hydrogen (secondary N) is 1. The summed E-state index contributed by atoms with van der Waals surface area (Å²) >= 11 is 1.08. The summed E-state index contributed by atoms with van der Waals surface area (Å²) < 4.78 is 79.4. The molecule has 0 saturated carbocycles. The summed E-state index contributed by atoms with van der Waals surface area (Å²) in [6, 6.07) is 6.80. The summed E-state index contributed by atoms with van der Waals surface area (Å²) in [5.74, 6) is -1.31. The monoisotopic (exact) mass is 465 g/mol. The van der Waals surface area contributed by atoms with Crippen LogP contribution in [-0.4, -0.2) is 44.1 Å². The lowest BCUT2D eigenvalue weighted by Crippen LogP contribution is -2.60. The highest BCUT2D eigenvalue weighted by Crippen LogP contribution is 2.42. The number of esters is 1. The quantitative estimate of drug-likeness (QED) is 0.318. The van der Waals surface area contributed by atoms with E-state index >= 15 is 0 Å². The Labute approximate surface area is 181 Å². The Morgan fingerprint density at radius 3 is 2.35 bits per heavy atom. The largest absolute Gasteiger partial charge is 0.496 e. The van der Waals surface area contributed by atoms with Crippen LogP contribution < -0.4 is 10.1 Å². The van der Waals surface area contributed by atoms with Gasteiger partial charge >= 0.3 is 12.1 Å². The van der Waals surface area contributed by atoms with Crippen LogP contribution in [0.2, 0.25) is 0 Å². The number of hydrogen-bond acceptors (Lipinski definition) is 5. The lowest BCUT2D eigenvalue weighted by Gasteiger charge is -2.37. The highest BCUT2D eigenvalue weighted by Gasteiger charge is 2.54. The second kappa shape index (κ2) is 9.93. The molecule has 0 saturated heterocycles. The van der Waals surface area contributed by atoms with Crippen molar-refractivity contribution >= 4 is 17.7 Å². The van der Waals surface area contributed by atoms with Gasteiger partial charge in [0.1, 0.15) is 11.4 Å². The molecule has 0 bridgehead atoms. The van der Waals surface area contributed by atoms with E-state index in [2.05, 4.69) is 4.74 Å². The number of hydrogen-bond donors (Lipinski definition) is 1. The van der Waals surface area contributed by atoms with Gasteiger partial charge in [-0.1, -0.05) is 26.0 Å². The zero-order valence-electron chi connectivity index (χ0n) is 17.5. The maximum atomic E-state index is 14.0. The van der Waals surface area contributed by atoms with Crippen molar-refractivity contribution in [3.05, 3.63) is 47.2 Å². The lowest BCUT2D eigenvalue weighted by molar-refractivity contribution is -0.154. The zero-order valence-corrected chi connectivity index (χ0v) is 18.3. The van der Waals surface area contributed by atoms with Gasteiger partial charge < -0.3 is 14.8 Å². The third kappa shape index (κ3) is 5.53. The molecule has 4 nitrogen and oxygen atoms in total. The van der Waals surface area contributed by atoms with E-state index in [9.17, 15) is 26.7 Å². The van der Waals surface area contributed by atoms with E-state index in [0.717, 1.165) is 24.9 Å². The van der Waals surface area contributed by atoms with Gasteiger partial charge in [-0.05, 0) is 41.7 Å². The number of ether oxygens (including phenoxy) is 2. The Bertz CT molecular complexity index is 867. The molecule has 2 rings (SSSR count). The molecular formula is C21H24F5NO3S. The topological polar surface area (TPSA) is 47.6 Å². The van der Waals surface area contributed by atoms with Crippen molar-refractivity contribution in [2.24, 2.45) is 5.92 Å². The number of allylic oxidation sites excluding steroid dienone is 2. The summed E-state index contributed by atoms with van der Waals surface area (Å²) in [4.78, 5) is 12.8. The number of dihydropyridines is 1. The molecule has 1 aliphatic rings. The van der Waals surface area contributed by atoms with Gasteiger partial charge in [0, 0.05) is 10.6 Å². The molecule has 10 heteroatoms. The maximum Gasteiger partial charge on any atom is 0.431 e. The molecule has 0 spiro atoms. The highest BCUT2D eigenvalue weighted by atomic mass is 32.2. The van der Waals surface area contributed by atoms with E-state index in [1.807, 2.05) is 0 Å². The van der Waals surface area contributed by atoms with Crippen LogP contribution in [-0.2, 0) is 9.53 Å². The molecule has 1 aromatic rings.